The van der Waals surface area contributed by atoms with E-state index in [2.05, 4.69) is 20.0 Å². The first-order valence-electron chi connectivity index (χ1n) is 7.30. The second kappa shape index (κ2) is 7.00. The molecule has 0 bridgehead atoms. The Hall–Kier alpha value is -1.42. The lowest BCUT2D eigenvalue weighted by Gasteiger charge is -2.25. The number of anilines is 1. The molecule has 2 rings (SSSR count). The lowest BCUT2D eigenvalue weighted by molar-refractivity contribution is -0.141. The highest BCUT2D eigenvalue weighted by Gasteiger charge is 2.33. The van der Waals surface area contributed by atoms with Crippen LogP contribution in [0.15, 0.2) is 6.07 Å². The smallest absolute Gasteiger partial charge is 0.353 e. The Morgan fingerprint density at radius 2 is 2.00 bits per heavy atom. The maximum Gasteiger partial charge on any atom is 0.433 e. The van der Waals surface area contributed by atoms with Gasteiger partial charge in [-0.15, -0.1) is 0 Å². The molecule has 10 heteroatoms. The van der Waals surface area contributed by atoms with E-state index in [1.165, 1.54) is 6.92 Å². The number of nitrogens with zero attached hydrogens (tertiary/aromatic N) is 2. The van der Waals surface area contributed by atoms with Gasteiger partial charge in [0.1, 0.15) is 5.69 Å². The Morgan fingerprint density at radius 1 is 1.30 bits per heavy atom. The van der Waals surface area contributed by atoms with E-state index < -0.39 is 21.9 Å². The van der Waals surface area contributed by atoms with Crippen LogP contribution in [0.3, 0.4) is 0 Å². The SMILES string of the molecule is Cc1cc(C(F)(F)F)nc(NCCS(=O)(=O)NCC2CCC2)n1. The third kappa shape index (κ3) is 5.61. The standard InChI is InChI=1S/C13H19F3N4O2S/c1-9-7-11(13(14,15)16)20-12(19-9)17-5-6-23(21,22)18-8-10-3-2-4-10/h7,10,18H,2-6,8H2,1H3,(H,17,19,20). The van der Waals surface area contributed by atoms with Crippen molar-refractivity contribution >= 4 is 16.0 Å². The zero-order valence-corrected chi connectivity index (χ0v) is 13.5. The molecule has 2 N–H and O–H groups in total. The van der Waals surface area contributed by atoms with Crippen LogP contribution in [0.1, 0.15) is 30.7 Å². The van der Waals surface area contributed by atoms with Gasteiger partial charge < -0.3 is 5.32 Å². The molecule has 0 spiro atoms. The number of rotatable bonds is 7. The molecule has 0 saturated heterocycles. The van der Waals surface area contributed by atoms with Gasteiger partial charge in [0, 0.05) is 18.8 Å². The summed E-state index contributed by atoms with van der Waals surface area (Å²) in [7, 11) is -3.46. The minimum atomic E-state index is -4.57. The number of alkyl halides is 3. The minimum Gasteiger partial charge on any atom is -0.353 e. The second-order valence-corrected chi connectivity index (χ2v) is 7.53. The maximum absolute atomic E-state index is 12.7. The monoisotopic (exact) mass is 352 g/mol. The lowest BCUT2D eigenvalue weighted by Crippen LogP contribution is -2.35. The van der Waals surface area contributed by atoms with Gasteiger partial charge in [-0.1, -0.05) is 6.42 Å². The summed E-state index contributed by atoms with van der Waals surface area (Å²) < 4.78 is 64.0. The molecule has 0 unspecified atom stereocenters. The third-order valence-electron chi connectivity index (χ3n) is 3.62. The number of halogens is 3. The predicted octanol–water partition coefficient (Wildman–Crippen LogP) is 1.94. The Balaban J connectivity index is 1.86. The van der Waals surface area contributed by atoms with Crippen molar-refractivity contribution in [2.24, 2.45) is 5.92 Å². The fraction of sp³-hybridized carbons (Fsp3) is 0.692. The zero-order chi connectivity index (χ0) is 17.1. The molecule has 1 heterocycles. The summed E-state index contributed by atoms with van der Waals surface area (Å²) in [6.07, 6.45) is -1.39. The molecule has 0 aromatic carbocycles. The lowest BCUT2D eigenvalue weighted by atomic mass is 9.86. The van der Waals surface area contributed by atoms with Crippen LogP contribution in [0.5, 0.6) is 0 Å². The van der Waals surface area contributed by atoms with Crippen molar-refractivity contribution in [2.75, 3.05) is 24.2 Å². The maximum atomic E-state index is 12.7. The van der Waals surface area contributed by atoms with Crippen LogP contribution in [0.4, 0.5) is 19.1 Å². The highest BCUT2D eigenvalue weighted by Crippen LogP contribution is 2.28. The summed E-state index contributed by atoms with van der Waals surface area (Å²) in [5.74, 6) is -0.0861. The van der Waals surface area contributed by atoms with Crippen molar-refractivity contribution in [3.8, 4) is 0 Å². The van der Waals surface area contributed by atoms with Crippen molar-refractivity contribution in [1.29, 1.82) is 0 Å². The quantitative estimate of drug-likeness (QED) is 0.783. The molecule has 0 atom stereocenters. The number of aromatic nitrogens is 2. The van der Waals surface area contributed by atoms with Gasteiger partial charge in [0.05, 0.1) is 5.75 Å². The van der Waals surface area contributed by atoms with E-state index in [-0.39, 0.29) is 23.9 Å². The Bertz CT molecular complexity index is 645. The Labute approximate surface area is 133 Å². The number of hydrogen-bond acceptors (Lipinski definition) is 5. The molecule has 23 heavy (non-hydrogen) atoms. The van der Waals surface area contributed by atoms with Gasteiger partial charge in [-0.05, 0) is 31.7 Å². The van der Waals surface area contributed by atoms with Gasteiger partial charge >= 0.3 is 6.18 Å². The Kier molecular flexibility index (Phi) is 5.45. The molecule has 0 radical (unpaired) electrons. The van der Waals surface area contributed by atoms with Crippen LogP contribution in [-0.4, -0.2) is 37.2 Å². The first-order valence-corrected chi connectivity index (χ1v) is 8.95. The largest absolute Gasteiger partial charge is 0.433 e. The van der Waals surface area contributed by atoms with Gasteiger partial charge in [-0.3, -0.25) is 0 Å². The van der Waals surface area contributed by atoms with E-state index in [0.717, 1.165) is 25.3 Å². The molecule has 1 aliphatic rings. The van der Waals surface area contributed by atoms with E-state index in [9.17, 15) is 21.6 Å². The fourth-order valence-corrected chi connectivity index (χ4v) is 3.11. The van der Waals surface area contributed by atoms with Crippen molar-refractivity contribution in [3.63, 3.8) is 0 Å². The molecule has 1 fully saturated rings. The summed E-state index contributed by atoms with van der Waals surface area (Å²) in [4.78, 5) is 7.18. The van der Waals surface area contributed by atoms with E-state index in [4.69, 9.17) is 0 Å². The number of nitrogens with one attached hydrogen (secondary N) is 2. The molecule has 6 nitrogen and oxygen atoms in total. The molecule has 1 aromatic rings. The average Bonchev–Trinajstić information content (AvgIpc) is 2.34. The van der Waals surface area contributed by atoms with E-state index in [0.29, 0.717) is 12.5 Å². The van der Waals surface area contributed by atoms with Crippen molar-refractivity contribution in [1.82, 2.24) is 14.7 Å². The van der Waals surface area contributed by atoms with Crippen LogP contribution in [-0.2, 0) is 16.2 Å². The normalized spacial score (nSPS) is 16.2. The Morgan fingerprint density at radius 3 is 2.57 bits per heavy atom. The average molecular weight is 352 g/mol. The number of hydrogen-bond donors (Lipinski definition) is 2. The first kappa shape index (κ1) is 17.9. The van der Waals surface area contributed by atoms with Crippen LogP contribution in [0, 0.1) is 12.8 Å². The predicted molar refractivity (Wildman–Crippen MR) is 79.4 cm³/mol. The first-order chi connectivity index (χ1) is 10.7. The van der Waals surface area contributed by atoms with Crippen LogP contribution < -0.4 is 10.0 Å². The van der Waals surface area contributed by atoms with Crippen LogP contribution in [0.2, 0.25) is 0 Å². The van der Waals surface area contributed by atoms with Crippen LogP contribution >= 0.6 is 0 Å². The van der Waals surface area contributed by atoms with Crippen LogP contribution in [0.25, 0.3) is 0 Å². The molecule has 130 valence electrons. The highest BCUT2D eigenvalue weighted by atomic mass is 32.2. The summed E-state index contributed by atoms with van der Waals surface area (Å²) in [6, 6.07) is 0.835. The van der Waals surface area contributed by atoms with Gasteiger partial charge in [0.25, 0.3) is 0 Å². The van der Waals surface area contributed by atoms with E-state index >= 15 is 0 Å². The van der Waals surface area contributed by atoms with Gasteiger partial charge in [0.2, 0.25) is 16.0 Å². The second-order valence-electron chi connectivity index (χ2n) is 5.61. The van der Waals surface area contributed by atoms with Gasteiger partial charge in [-0.2, -0.15) is 13.2 Å². The molecule has 1 aromatic heterocycles. The third-order valence-corrected chi connectivity index (χ3v) is 4.96. The molecule has 1 aliphatic carbocycles. The molecular weight excluding hydrogens is 333 g/mol. The summed E-state index contributed by atoms with van der Waals surface area (Å²) >= 11 is 0. The van der Waals surface area contributed by atoms with Crippen molar-refractivity contribution in [2.45, 2.75) is 32.4 Å². The summed E-state index contributed by atoms with van der Waals surface area (Å²) in [5, 5.41) is 2.53. The number of sulfonamides is 1. The molecule has 1 saturated carbocycles. The molecule has 0 aliphatic heterocycles. The van der Waals surface area contributed by atoms with Gasteiger partial charge in [-0.25, -0.2) is 23.1 Å². The summed E-state index contributed by atoms with van der Waals surface area (Å²) in [6.45, 7) is 1.77. The molecular formula is C13H19F3N4O2S. The minimum absolute atomic E-state index is 0.0687. The van der Waals surface area contributed by atoms with Crippen molar-refractivity contribution in [3.05, 3.63) is 17.5 Å². The van der Waals surface area contributed by atoms with Gasteiger partial charge in [0.15, 0.2) is 0 Å². The van der Waals surface area contributed by atoms with Crippen molar-refractivity contribution < 1.29 is 21.6 Å². The number of aryl methyl sites for hydroxylation is 1. The fourth-order valence-electron chi connectivity index (χ4n) is 2.10. The topological polar surface area (TPSA) is 84.0 Å². The highest BCUT2D eigenvalue weighted by molar-refractivity contribution is 7.89. The summed E-state index contributed by atoms with van der Waals surface area (Å²) in [5.41, 5.74) is -0.903. The molecule has 0 amide bonds. The van der Waals surface area contributed by atoms with E-state index in [1.54, 1.807) is 0 Å². The zero-order valence-electron chi connectivity index (χ0n) is 12.7. The van der Waals surface area contributed by atoms with E-state index in [1.807, 2.05) is 0 Å².